The maximum absolute atomic E-state index is 11.5. The van der Waals surface area contributed by atoms with Gasteiger partial charge in [-0.2, -0.15) is 5.26 Å². The Hall–Kier alpha value is -2.08. The number of aromatic nitrogens is 1. The van der Waals surface area contributed by atoms with Crippen LogP contribution in [0.1, 0.15) is 62.6 Å². The van der Waals surface area contributed by atoms with Crippen LogP contribution in [0.2, 0.25) is 0 Å². The highest BCUT2D eigenvalue weighted by Crippen LogP contribution is 2.37. The van der Waals surface area contributed by atoms with Crippen molar-refractivity contribution in [1.82, 2.24) is 4.57 Å². The van der Waals surface area contributed by atoms with Crippen molar-refractivity contribution in [3.63, 3.8) is 0 Å². The number of rotatable bonds is 2. The van der Waals surface area contributed by atoms with E-state index >= 15 is 0 Å². The summed E-state index contributed by atoms with van der Waals surface area (Å²) in [6, 6.07) is 8.55. The normalized spacial score (nSPS) is 16.6. The van der Waals surface area contributed by atoms with Crippen LogP contribution in [-0.2, 0) is 4.79 Å². The van der Waals surface area contributed by atoms with Crippen molar-refractivity contribution in [2.45, 2.75) is 51.5 Å². The standard InChI is InChI=1S/C18H20N2O/c1-12(2)20-11-17(14-4-6-15(21)7-5-14)16-9-13(10-19)3-8-18(16)20/h3,8-9,11-12,14H,4-7H2,1-2H3. The molecule has 0 aliphatic heterocycles. The molecule has 2 aromatic rings. The molecule has 0 bridgehead atoms. The minimum atomic E-state index is 0.386. The van der Waals surface area contributed by atoms with Gasteiger partial charge in [-0.15, -0.1) is 0 Å². The maximum atomic E-state index is 11.5. The summed E-state index contributed by atoms with van der Waals surface area (Å²) in [7, 11) is 0. The van der Waals surface area contributed by atoms with Gasteiger partial charge in [0.15, 0.2) is 0 Å². The van der Waals surface area contributed by atoms with Crippen molar-refractivity contribution in [2.24, 2.45) is 0 Å². The SMILES string of the molecule is CC(C)n1cc(C2CCC(=O)CC2)c2cc(C#N)ccc21. The molecular weight excluding hydrogens is 260 g/mol. The molecule has 1 aliphatic rings. The number of ketones is 1. The molecule has 1 aliphatic carbocycles. The monoisotopic (exact) mass is 280 g/mol. The van der Waals surface area contributed by atoms with E-state index in [9.17, 15) is 4.79 Å². The van der Waals surface area contributed by atoms with Gasteiger partial charge in [-0.3, -0.25) is 4.79 Å². The zero-order chi connectivity index (χ0) is 15.0. The maximum Gasteiger partial charge on any atom is 0.132 e. The van der Waals surface area contributed by atoms with Crippen LogP contribution in [0.5, 0.6) is 0 Å². The van der Waals surface area contributed by atoms with Crippen LogP contribution in [0.3, 0.4) is 0 Å². The second-order valence-electron chi connectivity index (χ2n) is 6.24. The topological polar surface area (TPSA) is 45.8 Å². The summed E-state index contributed by atoms with van der Waals surface area (Å²) < 4.78 is 2.28. The Labute approximate surface area is 125 Å². The van der Waals surface area contributed by atoms with Gasteiger partial charge in [0.25, 0.3) is 0 Å². The minimum absolute atomic E-state index is 0.386. The Balaban J connectivity index is 2.12. The molecule has 1 saturated carbocycles. The van der Waals surface area contributed by atoms with E-state index in [1.807, 2.05) is 18.2 Å². The van der Waals surface area contributed by atoms with E-state index in [1.165, 1.54) is 16.5 Å². The first-order valence-electron chi connectivity index (χ1n) is 7.66. The van der Waals surface area contributed by atoms with Gasteiger partial charge in [0.2, 0.25) is 0 Å². The number of nitrogens with zero attached hydrogens (tertiary/aromatic N) is 2. The summed E-state index contributed by atoms with van der Waals surface area (Å²) in [5.74, 6) is 0.829. The smallest absolute Gasteiger partial charge is 0.132 e. The highest BCUT2D eigenvalue weighted by Gasteiger charge is 2.24. The Kier molecular flexibility index (Phi) is 3.55. The molecule has 1 aromatic carbocycles. The average Bonchev–Trinajstić information content (AvgIpc) is 2.87. The summed E-state index contributed by atoms with van der Waals surface area (Å²) in [5, 5.41) is 10.3. The van der Waals surface area contributed by atoms with Crippen LogP contribution >= 0.6 is 0 Å². The largest absolute Gasteiger partial charge is 0.345 e. The van der Waals surface area contributed by atoms with Crippen LogP contribution in [0.25, 0.3) is 10.9 Å². The Morgan fingerprint density at radius 2 is 2.00 bits per heavy atom. The third kappa shape index (κ3) is 2.47. The molecule has 3 rings (SSSR count). The molecule has 0 unspecified atom stereocenters. The van der Waals surface area contributed by atoms with Crippen molar-refractivity contribution >= 4 is 16.7 Å². The lowest BCUT2D eigenvalue weighted by Gasteiger charge is -2.20. The molecule has 1 fully saturated rings. The molecule has 0 atom stereocenters. The Bertz CT molecular complexity index is 723. The zero-order valence-corrected chi connectivity index (χ0v) is 12.6. The zero-order valence-electron chi connectivity index (χ0n) is 12.6. The lowest BCUT2D eigenvalue weighted by molar-refractivity contribution is -0.120. The van der Waals surface area contributed by atoms with E-state index in [0.717, 1.165) is 12.8 Å². The van der Waals surface area contributed by atoms with Gasteiger partial charge in [-0.25, -0.2) is 0 Å². The molecular formula is C18H20N2O. The number of fused-ring (bicyclic) bond motifs is 1. The van der Waals surface area contributed by atoms with Crippen LogP contribution < -0.4 is 0 Å². The van der Waals surface area contributed by atoms with Gasteiger partial charge < -0.3 is 4.57 Å². The average molecular weight is 280 g/mol. The molecule has 21 heavy (non-hydrogen) atoms. The van der Waals surface area contributed by atoms with E-state index in [4.69, 9.17) is 5.26 Å². The first-order chi connectivity index (χ1) is 10.1. The molecule has 0 spiro atoms. The quantitative estimate of drug-likeness (QED) is 0.822. The van der Waals surface area contributed by atoms with Gasteiger partial charge in [-0.05, 0) is 56.4 Å². The van der Waals surface area contributed by atoms with Crippen molar-refractivity contribution in [1.29, 1.82) is 5.26 Å². The summed E-state index contributed by atoms with van der Waals surface area (Å²) in [6.45, 7) is 4.34. The molecule has 3 heteroatoms. The number of nitriles is 1. The van der Waals surface area contributed by atoms with Crippen LogP contribution in [0.15, 0.2) is 24.4 Å². The van der Waals surface area contributed by atoms with E-state index < -0.39 is 0 Å². The summed E-state index contributed by atoms with van der Waals surface area (Å²) >= 11 is 0. The van der Waals surface area contributed by atoms with Gasteiger partial charge in [-0.1, -0.05) is 0 Å². The van der Waals surface area contributed by atoms with E-state index in [1.54, 1.807) is 0 Å². The van der Waals surface area contributed by atoms with Gasteiger partial charge >= 0.3 is 0 Å². The molecule has 0 amide bonds. The molecule has 1 heterocycles. The van der Waals surface area contributed by atoms with Crippen LogP contribution in [0, 0.1) is 11.3 Å². The third-order valence-corrected chi connectivity index (χ3v) is 4.53. The summed E-state index contributed by atoms with van der Waals surface area (Å²) in [6.07, 6.45) is 5.49. The summed E-state index contributed by atoms with van der Waals surface area (Å²) in [4.78, 5) is 11.5. The van der Waals surface area contributed by atoms with Gasteiger partial charge in [0.1, 0.15) is 5.78 Å². The van der Waals surface area contributed by atoms with Gasteiger partial charge in [0, 0.05) is 36.0 Å². The number of carbonyl (C=O) groups is 1. The van der Waals surface area contributed by atoms with Crippen molar-refractivity contribution in [3.8, 4) is 6.07 Å². The van der Waals surface area contributed by atoms with Crippen LogP contribution in [0.4, 0.5) is 0 Å². The van der Waals surface area contributed by atoms with E-state index in [-0.39, 0.29) is 0 Å². The highest BCUT2D eigenvalue weighted by molar-refractivity contribution is 5.87. The van der Waals surface area contributed by atoms with E-state index in [2.05, 4.69) is 30.7 Å². The second-order valence-corrected chi connectivity index (χ2v) is 6.24. The highest BCUT2D eigenvalue weighted by atomic mass is 16.1. The predicted octanol–water partition coefficient (Wildman–Crippen LogP) is 4.32. The second kappa shape index (κ2) is 5.37. The number of hydrogen-bond acceptors (Lipinski definition) is 2. The lowest BCUT2D eigenvalue weighted by Crippen LogP contribution is -2.12. The minimum Gasteiger partial charge on any atom is -0.345 e. The number of carbonyl (C=O) groups excluding carboxylic acids is 1. The lowest BCUT2D eigenvalue weighted by atomic mass is 9.83. The van der Waals surface area contributed by atoms with Crippen molar-refractivity contribution in [3.05, 3.63) is 35.5 Å². The molecule has 1 aromatic heterocycles. The molecule has 0 saturated heterocycles. The number of Topliss-reactive ketones (excluding diaryl/α,β-unsaturated/α-hetero) is 1. The van der Waals surface area contributed by atoms with Crippen molar-refractivity contribution < 1.29 is 4.79 Å². The predicted molar refractivity (Wildman–Crippen MR) is 83.3 cm³/mol. The molecule has 0 N–H and O–H groups in total. The first kappa shape index (κ1) is 13.9. The van der Waals surface area contributed by atoms with Crippen LogP contribution in [-0.4, -0.2) is 10.4 Å². The number of benzene rings is 1. The third-order valence-electron chi connectivity index (χ3n) is 4.53. The van der Waals surface area contributed by atoms with Gasteiger partial charge in [0.05, 0.1) is 11.6 Å². The molecule has 0 radical (unpaired) electrons. The Morgan fingerprint density at radius 1 is 1.29 bits per heavy atom. The Morgan fingerprint density at radius 3 is 2.62 bits per heavy atom. The molecule has 3 nitrogen and oxygen atoms in total. The van der Waals surface area contributed by atoms with Crippen molar-refractivity contribution in [2.75, 3.05) is 0 Å². The molecule has 108 valence electrons. The summed E-state index contributed by atoms with van der Waals surface area (Å²) in [5.41, 5.74) is 3.20. The first-order valence-corrected chi connectivity index (χ1v) is 7.66. The fourth-order valence-corrected chi connectivity index (χ4v) is 3.35. The fraction of sp³-hybridized carbons (Fsp3) is 0.444. The van der Waals surface area contributed by atoms with E-state index in [0.29, 0.717) is 36.1 Å². The number of hydrogen-bond donors (Lipinski definition) is 0. The fourth-order valence-electron chi connectivity index (χ4n) is 3.35.